The number of aryl methyl sites for hydroxylation is 1. The van der Waals surface area contributed by atoms with Crippen LogP contribution in [0.2, 0.25) is 0 Å². The van der Waals surface area contributed by atoms with Gasteiger partial charge in [-0.1, -0.05) is 11.6 Å². The van der Waals surface area contributed by atoms with Gasteiger partial charge >= 0.3 is 5.51 Å². The highest BCUT2D eigenvalue weighted by Gasteiger charge is 2.32. The Morgan fingerprint density at radius 1 is 1.29 bits per heavy atom. The maximum Gasteiger partial charge on any atom is 0.447 e. The number of pyridine rings is 1. The molecule has 146 valence electrons. The maximum atomic E-state index is 12.7. The second-order valence-electron chi connectivity index (χ2n) is 5.60. The van der Waals surface area contributed by atoms with Crippen molar-refractivity contribution in [1.29, 1.82) is 0 Å². The number of amides is 1. The number of benzene rings is 1. The monoisotopic (exact) mass is 425 g/mol. The minimum absolute atomic E-state index is 0.172. The number of ether oxygens (including phenoxy) is 1. The lowest BCUT2D eigenvalue weighted by Crippen LogP contribution is -2.14. The zero-order valence-corrected chi connectivity index (χ0v) is 16.3. The summed E-state index contributed by atoms with van der Waals surface area (Å²) in [6.45, 7) is 1.93. The average molecular weight is 425 g/mol. The Morgan fingerprint density at radius 2 is 2.07 bits per heavy atom. The lowest BCUT2D eigenvalue weighted by atomic mass is 10.1. The van der Waals surface area contributed by atoms with E-state index in [9.17, 15) is 18.0 Å². The number of carbonyl (C=O) groups is 1. The number of thioether (sulfide) groups is 1. The van der Waals surface area contributed by atoms with Crippen molar-refractivity contribution < 1.29 is 22.7 Å². The van der Waals surface area contributed by atoms with Crippen molar-refractivity contribution in [2.45, 2.75) is 17.5 Å². The molecule has 0 atom stereocenters. The number of methoxy groups -OCH3 is 1. The van der Waals surface area contributed by atoms with E-state index in [1.807, 2.05) is 25.1 Å². The molecule has 2 aromatic heterocycles. The molecule has 0 saturated heterocycles. The summed E-state index contributed by atoms with van der Waals surface area (Å²) in [6, 6.07) is 8.31. The van der Waals surface area contributed by atoms with Crippen molar-refractivity contribution in [3.63, 3.8) is 0 Å². The number of alkyl halides is 3. The number of aromatic nitrogens is 2. The topological polar surface area (TPSA) is 64.1 Å². The van der Waals surface area contributed by atoms with Gasteiger partial charge in [-0.25, -0.2) is 9.97 Å². The Balaban J connectivity index is 1.83. The fraction of sp³-hybridized carbons (Fsp3) is 0.167. The van der Waals surface area contributed by atoms with Crippen LogP contribution in [0.15, 0.2) is 46.9 Å². The molecule has 1 aromatic carbocycles. The van der Waals surface area contributed by atoms with E-state index in [4.69, 9.17) is 4.74 Å². The third-order valence-electron chi connectivity index (χ3n) is 3.58. The first-order valence-corrected chi connectivity index (χ1v) is 9.59. The van der Waals surface area contributed by atoms with Crippen LogP contribution in [0, 0.1) is 6.92 Å². The molecular formula is C18H14F3N3O2S2. The van der Waals surface area contributed by atoms with Gasteiger partial charge in [-0.15, -0.1) is 11.3 Å². The Kier molecular flexibility index (Phi) is 5.90. The van der Waals surface area contributed by atoms with Gasteiger partial charge in [-0.3, -0.25) is 10.1 Å². The van der Waals surface area contributed by atoms with Crippen molar-refractivity contribution in [2.75, 3.05) is 12.4 Å². The van der Waals surface area contributed by atoms with Gasteiger partial charge in [-0.05, 0) is 31.2 Å². The number of carbonyl (C=O) groups excluding carboxylic acids is 1. The van der Waals surface area contributed by atoms with E-state index in [-0.39, 0.29) is 10.7 Å². The van der Waals surface area contributed by atoms with Crippen LogP contribution >= 0.6 is 23.1 Å². The van der Waals surface area contributed by atoms with Crippen LogP contribution in [0.3, 0.4) is 0 Å². The van der Waals surface area contributed by atoms with Crippen LogP contribution in [0.5, 0.6) is 5.75 Å². The third-order valence-corrected chi connectivity index (χ3v) is 5.09. The second kappa shape index (κ2) is 8.19. The van der Waals surface area contributed by atoms with E-state index >= 15 is 0 Å². The predicted octanol–water partition coefficient (Wildman–Crippen LogP) is 5.39. The first-order valence-electron chi connectivity index (χ1n) is 7.89. The third kappa shape index (κ3) is 4.82. The molecule has 5 nitrogen and oxygen atoms in total. The van der Waals surface area contributed by atoms with E-state index in [2.05, 4.69) is 15.3 Å². The molecular weight excluding hydrogens is 411 g/mol. The van der Waals surface area contributed by atoms with E-state index in [0.717, 1.165) is 22.5 Å². The van der Waals surface area contributed by atoms with E-state index in [1.165, 1.54) is 18.3 Å². The maximum absolute atomic E-state index is 12.7. The highest BCUT2D eigenvalue weighted by Crippen LogP contribution is 2.38. The SMILES string of the molecule is COc1ccc(C)cc1-c1csc(NC(=O)c2cccnc2SC(F)(F)F)n1. The first kappa shape index (κ1) is 20.2. The lowest BCUT2D eigenvalue weighted by molar-refractivity contribution is -0.0329. The van der Waals surface area contributed by atoms with Gasteiger partial charge in [0.1, 0.15) is 10.8 Å². The number of halogens is 3. The molecule has 0 radical (unpaired) electrons. The number of hydrogen-bond acceptors (Lipinski definition) is 6. The highest BCUT2D eigenvalue weighted by atomic mass is 32.2. The number of thiazole rings is 1. The molecule has 0 spiro atoms. The summed E-state index contributed by atoms with van der Waals surface area (Å²) in [5.74, 6) is -0.0816. The van der Waals surface area contributed by atoms with Crippen LogP contribution in [0.25, 0.3) is 11.3 Å². The number of nitrogens with zero attached hydrogens (tertiary/aromatic N) is 2. The Morgan fingerprint density at radius 3 is 2.79 bits per heavy atom. The number of rotatable bonds is 5. The smallest absolute Gasteiger partial charge is 0.447 e. The Labute approximate surface area is 167 Å². The van der Waals surface area contributed by atoms with Crippen molar-refractivity contribution >= 4 is 34.1 Å². The fourth-order valence-electron chi connectivity index (χ4n) is 2.40. The van der Waals surface area contributed by atoms with Crippen molar-refractivity contribution in [1.82, 2.24) is 9.97 Å². The molecule has 1 N–H and O–H groups in total. The van der Waals surface area contributed by atoms with Crippen LogP contribution in [-0.4, -0.2) is 28.5 Å². The van der Waals surface area contributed by atoms with Gasteiger partial charge in [0, 0.05) is 28.9 Å². The Hall–Kier alpha value is -2.59. The molecule has 0 bridgehead atoms. The second-order valence-corrected chi connectivity index (χ2v) is 7.51. The summed E-state index contributed by atoms with van der Waals surface area (Å²) in [4.78, 5) is 20.5. The molecule has 3 rings (SSSR count). The molecule has 3 aromatic rings. The molecule has 28 heavy (non-hydrogen) atoms. The van der Waals surface area contributed by atoms with Gasteiger partial charge in [0.15, 0.2) is 5.13 Å². The van der Waals surface area contributed by atoms with Gasteiger partial charge in [0.05, 0.1) is 18.4 Å². The molecule has 0 saturated carbocycles. The predicted molar refractivity (Wildman–Crippen MR) is 103 cm³/mol. The number of nitrogens with one attached hydrogen (secondary N) is 1. The zero-order valence-electron chi connectivity index (χ0n) is 14.7. The molecule has 0 fully saturated rings. The van der Waals surface area contributed by atoms with Crippen molar-refractivity contribution in [3.05, 3.63) is 53.0 Å². The number of hydrogen-bond donors (Lipinski definition) is 1. The molecule has 0 aliphatic rings. The first-order chi connectivity index (χ1) is 13.3. The van der Waals surface area contributed by atoms with E-state index < -0.39 is 28.2 Å². The van der Waals surface area contributed by atoms with E-state index in [1.54, 1.807) is 12.5 Å². The largest absolute Gasteiger partial charge is 0.496 e. The lowest BCUT2D eigenvalue weighted by Gasteiger charge is -2.09. The quantitative estimate of drug-likeness (QED) is 0.556. The van der Waals surface area contributed by atoms with Crippen molar-refractivity contribution in [3.8, 4) is 17.0 Å². The molecule has 10 heteroatoms. The van der Waals surface area contributed by atoms with Gasteiger partial charge < -0.3 is 4.74 Å². The van der Waals surface area contributed by atoms with Crippen molar-refractivity contribution in [2.24, 2.45) is 0 Å². The zero-order chi connectivity index (χ0) is 20.3. The Bertz CT molecular complexity index is 1010. The molecule has 0 unspecified atom stereocenters. The van der Waals surface area contributed by atoms with Gasteiger partial charge in [-0.2, -0.15) is 13.2 Å². The molecule has 0 aliphatic heterocycles. The van der Waals surface area contributed by atoms with Gasteiger partial charge in [0.2, 0.25) is 0 Å². The van der Waals surface area contributed by atoms with Crippen LogP contribution in [0.4, 0.5) is 18.3 Å². The van der Waals surface area contributed by atoms with Gasteiger partial charge in [0.25, 0.3) is 5.91 Å². The normalized spacial score (nSPS) is 11.3. The number of anilines is 1. The fourth-order valence-corrected chi connectivity index (χ4v) is 3.70. The summed E-state index contributed by atoms with van der Waals surface area (Å²) in [5.41, 5.74) is -2.35. The summed E-state index contributed by atoms with van der Waals surface area (Å²) >= 11 is 0.733. The molecule has 1 amide bonds. The summed E-state index contributed by atoms with van der Waals surface area (Å²) < 4.78 is 43.4. The standard InChI is InChI=1S/C18H14F3N3O2S2/c1-10-5-6-14(26-2)12(8-10)13-9-27-17(23-13)24-15(25)11-4-3-7-22-16(11)28-18(19,20)21/h3-9H,1-2H3,(H,23,24,25). The minimum atomic E-state index is -4.54. The minimum Gasteiger partial charge on any atom is -0.496 e. The van der Waals surface area contributed by atoms with Crippen LogP contribution in [0.1, 0.15) is 15.9 Å². The average Bonchev–Trinajstić information content (AvgIpc) is 3.09. The van der Waals surface area contributed by atoms with E-state index in [0.29, 0.717) is 11.4 Å². The summed E-state index contributed by atoms with van der Waals surface area (Å²) in [5, 5.41) is 4.12. The highest BCUT2D eigenvalue weighted by molar-refractivity contribution is 8.00. The molecule has 2 heterocycles. The van der Waals surface area contributed by atoms with Crippen LogP contribution in [-0.2, 0) is 0 Å². The molecule has 0 aliphatic carbocycles. The summed E-state index contributed by atoms with van der Waals surface area (Å²) in [7, 11) is 1.55. The van der Waals surface area contributed by atoms with Crippen LogP contribution < -0.4 is 10.1 Å². The summed E-state index contributed by atoms with van der Waals surface area (Å²) in [6.07, 6.45) is 1.20.